The number of carbonyl (C=O) groups excluding carboxylic acids is 2. The molecule has 132 valence electrons. The average molecular weight is 356 g/mol. The van der Waals surface area contributed by atoms with Crippen LogP contribution < -0.4 is 5.32 Å². The quantitative estimate of drug-likeness (QED) is 0.895. The van der Waals surface area contributed by atoms with E-state index in [1.807, 2.05) is 48.4 Å². The third-order valence-electron chi connectivity index (χ3n) is 4.61. The lowest BCUT2D eigenvalue weighted by Crippen LogP contribution is -2.52. The monoisotopic (exact) mass is 356 g/mol. The second kappa shape index (κ2) is 7.83. The fourth-order valence-electron chi connectivity index (χ4n) is 3.19. The molecule has 25 heavy (non-hydrogen) atoms. The molecule has 0 saturated carbocycles. The van der Waals surface area contributed by atoms with Gasteiger partial charge in [0.15, 0.2) is 0 Å². The summed E-state index contributed by atoms with van der Waals surface area (Å²) >= 11 is 1.56. The van der Waals surface area contributed by atoms with Crippen molar-refractivity contribution in [3.63, 3.8) is 0 Å². The van der Waals surface area contributed by atoms with Gasteiger partial charge in [0, 0.05) is 18.0 Å². The minimum absolute atomic E-state index is 0.0176. The first-order chi connectivity index (χ1) is 12.0. The molecule has 0 radical (unpaired) electrons. The molecule has 0 unspecified atom stereocenters. The first kappa shape index (κ1) is 17.7. The van der Waals surface area contributed by atoms with Gasteiger partial charge in [-0.25, -0.2) is 0 Å². The Bertz CT molecular complexity index is 740. The van der Waals surface area contributed by atoms with Gasteiger partial charge in [-0.05, 0) is 34.9 Å². The summed E-state index contributed by atoms with van der Waals surface area (Å²) in [6.07, 6.45) is 1.20. The number of benzene rings is 1. The molecule has 0 saturated heterocycles. The van der Waals surface area contributed by atoms with E-state index in [4.69, 9.17) is 0 Å². The summed E-state index contributed by atoms with van der Waals surface area (Å²) in [6, 6.07) is 11.7. The van der Waals surface area contributed by atoms with Gasteiger partial charge < -0.3 is 10.2 Å². The number of rotatable bonds is 5. The van der Waals surface area contributed by atoms with E-state index in [1.165, 1.54) is 11.1 Å². The van der Waals surface area contributed by atoms with Crippen LogP contribution in [-0.2, 0) is 29.0 Å². The van der Waals surface area contributed by atoms with Gasteiger partial charge in [0.2, 0.25) is 11.8 Å². The van der Waals surface area contributed by atoms with Crippen LogP contribution in [0.4, 0.5) is 0 Å². The normalized spacial score (nSPS) is 14.9. The molecule has 2 amide bonds. The van der Waals surface area contributed by atoms with Crippen LogP contribution in [0.25, 0.3) is 0 Å². The molecule has 0 aliphatic carbocycles. The molecule has 5 heteroatoms. The van der Waals surface area contributed by atoms with E-state index in [0.29, 0.717) is 19.5 Å². The molecule has 1 N–H and O–H groups in total. The van der Waals surface area contributed by atoms with E-state index >= 15 is 0 Å². The van der Waals surface area contributed by atoms with E-state index in [9.17, 15) is 9.59 Å². The average Bonchev–Trinajstić information content (AvgIpc) is 3.11. The van der Waals surface area contributed by atoms with Crippen molar-refractivity contribution in [2.24, 2.45) is 5.92 Å². The molecule has 3 rings (SSSR count). The summed E-state index contributed by atoms with van der Waals surface area (Å²) in [6.45, 7) is 5.29. The molecule has 2 aromatic rings. The SMILES string of the molecule is CC(C)[C@@H](NC(=O)Cc1cccs1)C(=O)N1CCc2ccccc2C1. The highest BCUT2D eigenvalue weighted by Crippen LogP contribution is 2.20. The molecular formula is C20H24N2O2S. The standard InChI is InChI=1S/C20H24N2O2S/c1-14(2)19(21-18(23)12-17-8-5-11-25-17)20(24)22-10-9-15-6-3-4-7-16(15)13-22/h3-8,11,14,19H,9-10,12-13H2,1-2H3,(H,21,23)/t19-/m1/s1. The van der Waals surface area contributed by atoms with Crippen LogP contribution in [0.3, 0.4) is 0 Å². The number of nitrogens with zero attached hydrogens (tertiary/aromatic N) is 1. The number of carbonyl (C=O) groups is 2. The van der Waals surface area contributed by atoms with Gasteiger partial charge in [-0.1, -0.05) is 44.2 Å². The van der Waals surface area contributed by atoms with Crippen molar-refractivity contribution < 1.29 is 9.59 Å². The molecule has 0 spiro atoms. The number of thiophene rings is 1. The molecule has 0 fully saturated rings. The predicted octanol–water partition coefficient (Wildman–Crippen LogP) is 3.02. The van der Waals surface area contributed by atoms with E-state index in [1.54, 1.807) is 11.3 Å². The largest absolute Gasteiger partial charge is 0.344 e. The van der Waals surface area contributed by atoms with Crippen LogP contribution in [-0.4, -0.2) is 29.3 Å². The minimum atomic E-state index is -0.474. The van der Waals surface area contributed by atoms with Crippen molar-refractivity contribution in [1.29, 1.82) is 0 Å². The van der Waals surface area contributed by atoms with Gasteiger partial charge in [-0.2, -0.15) is 0 Å². The molecule has 1 aromatic heterocycles. The highest BCUT2D eigenvalue weighted by molar-refractivity contribution is 7.10. The maximum atomic E-state index is 13.0. The highest BCUT2D eigenvalue weighted by atomic mass is 32.1. The van der Waals surface area contributed by atoms with E-state index in [2.05, 4.69) is 17.4 Å². The summed E-state index contributed by atoms with van der Waals surface area (Å²) in [4.78, 5) is 28.2. The van der Waals surface area contributed by atoms with Crippen molar-refractivity contribution in [3.8, 4) is 0 Å². The maximum Gasteiger partial charge on any atom is 0.245 e. The first-order valence-corrected chi connectivity index (χ1v) is 9.60. The van der Waals surface area contributed by atoms with E-state index in [0.717, 1.165) is 11.3 Å². The van der Waals surface area contributed by atoms with Crippen LogP contribution in [0.1, 0.15) is 29.9 Å². The number of hydrogen-bond acceptors (Lipinski definition) is 3. The third-order valence-corrected chi connectivity index (χ3v) is 5.48. The van der Waals surface area contributed by atoms with Crippen LogP contribution in [0, 0.1) is 5.92 Å². The van der Waals surface area contributed by atoms with Gasteiger partial charge in [-0.3, -0.25) is 9.59 Å². The van der Waals surface area contributed by atoms with Crippen LogP contribution >= 0.6 is 11.3 Å². The Kier molecular flexibility index (Phi) is 5.53. The molecule has 1 aliphatic rings. The molecule has 1 atom stereocenters. The van der Waals surface area contributed by atoms with Gasteiger partial charge >= 0.3 is 0 Å². The lowest BCUT2D eigenvalue weighted by atomic mass is 9.97. The predicted molar refractivity (Wildman–Crippen MR) is 100 cm³/mol. The van der Waals surface area contributed by atoms with Gasteiger partial charge in [-0.15, -0.1) is 11.3 Å². The third kappa shape index (κ3) is 4.28. The Hall–Kier alpha value is -2.14. The van der Waals surface area contributed by atoms with Crippen LogP contribution in [0.15, 0.2) is 41.8 Å². The van der Waals surface area contributed by atoms with Gasteiger partial charge in [0.05, 0.1) is 6.42 Å². The molecule has 4 nitrogen and oxygen atoms in total. The highest BCUT2D eigenvalue weighted by Gasteiger charge is 2.30. The smallest absolute Gasteiger partial charge is 0.245 e. The second-order valence-electron chi connectivity index (χ2n) is 6.82. The number of fused-ring (bicyclic) bond motifs is 1. The lowest BCUT2D eigenvalue weighted by molar-refractivity contribution is -0.138. The summed E-state index contributed by atoms with van der Waals surface area (Å²) in [5.74, 6) is -0.0205. The first-order valence-electron chi connectivity index (χ1n) is 8.72. The molecular weight excluding hydrogens is 332 g/mol. The summed E-state index contributed by atoms with van der Waals surface area (Å²) in [5, 5.41) is 4.91. The summed E-state index contributed by atoms with van der Waals surface area (Å²) in [5.41, 5.74) is 2.52. The summed E-state index contributed by atoms with van der Waals surface area (Å²) < 4.78 is 0. The van der Waals surface area contributed by atoms with Crippen LogP contribution in [0.2, 0.25) is 0 Å². The minimum Gasteiger partial charge on any atom is -0.344 e. The van der Waals surface area contributed by atoms with Crippen molar-refractivity contribution in [3.05, 3.63) is 57.8 Å². The van der Waals surface area contributed by atoms with Crippen LogP contribution in [0.5, 0.6) is 0 Å². The fraction of sp³-hybridized carbons (Fsp3) is 0.400. The summed E-state index contributed by atoms with van der Waals surface area (Å²) in [7, 11) is 0. The van der Waals surface area contributed by atoms with Crippen molar-refractivity contribution >= 4 is 23.2 Å². The fourth-order valence-corrected chi connectivity index (χ4v) is 3.89. The van der Waals surface area contributed by atoms with E-state index < -0.39 is 6.04 Å². The zero-order chi connectivity index (χ0) is 17.8. The Balaban J connectivity index is 1.66. The zero-order valence-corrected chi connectivity index (χ0v) is 15.5. The zero-order valence-electron chi connectivity index (χ0n) is 14.7. The molecule has 2 heterocycles. The van der Waals surface area contributed by atoms with Gasteiger partial charge in [0.25, 0.3) is 0 Å². The lowest BCUT2D eigenvalue weighted by Gasteiger charge is -2.33. The van der Waals surface area contributed by atoms with Crippen molar-refractivity contribution in [1.82, 2.24) is 10.2 Å². The molecule has 1 aliphatic heterocycles. The van der Waals surface area contributed by atoms with E-state index in [-0.39, 0.29) is 17.7 Å². The Morgan fingerprint density at radius 2 is 1.92 bits per heavy atom. The number of amides is 2. The second-order valence-corrected chi connectivity index (χ2v) is 7.86. The topological polar surface area (TPSA) is 49.4 Å². The Morgan fingerprint density at radius 1 is 1.16 bits per heavy atom. The number of hydrogen-bond donors (Lipinski definition) is 1. The Labute approximate surface area is 152 Å². The van der Waals surface area contributed by atoms with Gasteiger partial charge in [0.1, 0.15) is 6.04 Å². The van der Waals surface area contributed by atoms with Crippen molar-refractivity contribution in [2.75, 3.05) is 6.54 Å². The Morgan fingerprint density at radius 3 is 2.60 bits per heavy atom. The molecule has 0 bridgehead atoms. The number of nitrogens with one attached hydrogen (secondary N) is 1. The molecule has 1 aromatic carbocycles. The maximum absolute atomic E-state index is 13.0. The van der Waals surface area contributed by atoms with Crippen molar-refractivity contribution in [2.45, 2.75) is 39.3 Å².